The quantitative estimate of drug-likeness (QED) is 0.463. The highest BCUT2D eigenvalue weighted by Crippen LogP contribution is 2.29. The molecule has 1 saturated heterocycles. The summed E-state index contributed by atoms with van der Waals surface area (Å²) in [5.41, 5.74) is 0. The van der Waals surface area contributed by atoms with Crippen LogP contribution >= 0.6 is 15.9 Å². The zero-order chi connectivity index (χ0) is 13.4. The number of terminal acetylenes is 1. The van der Waals surface area contributed by atoms with Gasteiger partial charge in [0.25, 0.3) is 0 Å². The van der Waals surface area contributed by atoms with Crippen LogP contribution in [0.2, 0.25) is 0 Å². The number of aliphatic hydroxyl groups is 1. The second-order valence-electron chi connectivity index (χ2n) is 4.45. The van der Waals surface area contributed by atoms with Crippen LogP contribution in [0.25, 0.3) is 0 Å². The molecule has 1 heterocycles. The smallest absolute Gasteiger partial charge is 0.0873 e. The monoisotopic (exact) mass is 312 g/mol. The molecule has 2 nitrogen and oxygen atoms in total. The van der Waals surface area contributed by atoms with E-state index in [0.29, 0.717) is 12.8 Å². The Morgan fingerprint density at radius 3 is 2.94 bits per heavy atom. The van der Waals surface area contributed by atoms with E-state index < -0.39 is 6.10 Å². The predicted octanol–water partition coefficient (Wildman–Crippen LogP) is 3.20. The second kappa shape index (κ2) is 8.53. The lowest BCUT2D eigenvalue weighted by Crippen LogP contribution is -2.21. The normalized spacial score (nSPS) is 30.0. The Hall–Kier alpha value is -0.560. The van der Waals surface area contributed by atoms with Crippen LogP contribution in [-0.2, 0) is 4.74 Å². The maximum absolute atomic E-state index is 9.93. The van der Waals surface area contributed by atoms with Crippen LogP contribution in [0, 0.1) is 12.3 Å². The maximum Gasteiger partial charge on any atom is 0.0873 e. The minimum Gasteiger partial charge on any atom is -0.390 e. The van der Waals surface area contributed by atoms with Gasteiger partial charge >= 0.3 is 0 Å². The van der Waals surface area contributed by atoms with E-state index in [4.69, 9.17) is 11.2 Å². The highest BCUT2D eigenvalue weighted by atomic mass is 79.9. The molecule has 0 bridgehead atoms. The van der Waals surface area contributed by atoms with Crippen LogP contribution in [0.5, 0.6) is 0 Å². The molecule has 3 heteroatoms. The van der Waals surface area contributed by atoms with E-state index >= 15 is 0 Å². The van der Waals surface area contributed by atoms with Crippen molar-refractivity contribution in [3.8, 4) is 12.3 Å². The molecule has 0 aromatic heterocycles. The third-order valence-corrected chi connectivity index (χ3v) is 3.97. The van der Waals surface area contributed by atoms with Crippen LogP contribution in [0.1, 0.15) is 32.6 Å². The molecule has 1 fully saturated rings. The topological polar surface area (TPSA) is 29.5 Å². The first-order valence-corrected chi connectivity index (χ1v) is 7.34. The van der Waals surface area contributed by atoms with E-state index in [1.807, 2.05) is 6.08 Å². The Morgan fingerprint density at radius 1 is 1.50 bits per heavy atom. The third-order valence-electron chi connectivity index (χ3n) is 3.00. The van der Waals surface area contributed by atoms with Gasteiger partial charge in [0.05, 0.1) is 18.3 Å². The van der Waals surface area contributed by atoms with Gasteiger partial charge < -0.3 is 9.84 Å². The van der Waals surface area contributed by atoms with Gasteiger partial charge in [-0.05, 0) is 25.3 Å². The standard InChI is InChI=1S/C15H21BrO2/c1-3-5-7-9-12(16)15-11-13(17)14(18-15)10-8-6-4-2/h2,5-8,12-15,17H,3,9-11H2,1H3/b7-5+,8-6+/t12-,13+,14+,15-/m0/s1. The van der Waals surface area contributed by atoms with Crippen molar-refractivity contribution in [2.45, 2.75) is 55.7 Å². The summed E-state index contributed by atoms with van der Waals surface area (Å²) in [5, 5.41) is 9.93. The van der Waals surface area contributed by atoms with E-state index in [1.54, 1.807) is 6.08 Å². The molecule has 1 N–H and O–H groups in total. The lowest BCUT2D eigenvalue weighted by Gasteiger charge is -2.16. The number of hydrogen-bond acceptors (Lipinski definition) is 2. The number of rotatable bonds is 6. The van der Waals surface area contributed by atoms with Crippen LogP contribution in [-0.4, -0.2) is 28.2 Å². The summed E-state index contributed by atoms with van der Waals surface area (Å²) in [6, 6.07) is 0. The summed E-state index contributed by atoms with van der Waals surface area (Å²) in [7, 11) is 0. The van der Waals surface area contributed by atoms with Gasteiger partial charge in [-0.15, -0.1) is 6.42 Å². The Morgan fingerprint density at radius 2 is 2.28 bits per heavy atom. The van der Waals surface area contributed by atoms with Gasteiger partial charge in [0.2, 0.25) is 0 Å². The molecule has 1 rings (SSSR count). The van der Waals surface area contributed by atoms with Gasteiger partial charge in [0, 0.05) is 11.2 Å². The average Bonchev–Trinajstić information content (AvgIpc) is 2.72. The van der Waals surface area contributed by atoms with Crippen molar-refractivity contribution in [1.82, 2.24) is 0 Å². The van der Waals surface area contributed by atoms with Crippen molar-refractivity contribution in [3.05, 3.63) is 24.3 Å². The molecule has 4 atom stereocenters. The minimum absolute atomic E-state index is 0.0748. The highest BCUT2D eigenvalue weighted by Gasteiger charge is 2.36. The van der Waals surface area contributed by atoms with Gasteiger partial charge in [-0.2, -0.15) is 0 Å². The lowest BCUT2D eigenvalue weighted by atomic mass is 10.1. The lowest BCUT2D eigenvalue weighted by molar-refractivity contribution is 0.0128. The van der Waals surface area contributed by atoms with Crippen LogP contribution in [0.15, 0.2) is 24.3 Å². The van der Waals surface area contributed by atoms with Gasteiger partial charge in [0.1, 0.15) is 0 Å². The summed E-state index contributed by atoms with van der Waals surface area (Å²) in [5.74, 6) is 2.44. The summed E-state index contributed by atoms with van der Waals surface area (Å²) < 4.78 is 5.86. The molecular formula is C15H21BrO2. The SMILES string of the molecule is C#C/C=C/C[C@H]1O[C@H]([C@@H](Br)C/C=C/CC)C[C@H]1O. The Bertz CT molecular complexity index is 330. The number of alkyl halides is 1. The van der Waals surface area contributed by atoms with Crippen LogP contribution < -0.4 is 0 Å². The van der Waals surface area contributed by atoms with Crippen molar-refractivity contribution in [2.75, 3.05) is 0 Å². The molecule has 0 aromatic carbocycles. The molecule has 0 saturated carbocycles. The minimum atomic E-state index is -0.396. The number of allylic oxidation sites excluding steroid dienone is 3. The van der Waals surface area contributed by atoms with Crippen molar-refractivity contribution in [2.24, 2.45) is 0 Å². The molecule has 0 radical (unpaired) electrons. The summed E-state index contributed by atoms with van der Waals surface area (Å²) in [6.07, 6.45) is 15.8. The molecule has 100 valence electrons. The van der Waals surface area contributed by atoms with Crippen molar-refractivity contribution in [3.63, 3.8) is 0 Å². The van der Waals surface area contributed by atoms with Gasteiger partial charge in [-0.25, -0.2) is 0 Å². The van der Waals surface area contributed by atoms with Gasteiger partial charge in [-0.3, -0.25) is 0 Å². The molecule has 1 aliphatic heterocycles. The predicted molar refractivity (Wildman–Crippen MR) is 78.6 cm³/mol. The maximum atomic E-state index is 9.93. The number of hydrogen-bond donors (Lipinski definition) is 1. The van der Waals surface area contributed by atoms with Crippen molar-refractivity contribution in [1.29, 1.82) is 0 Å². The van der Waals surface area contributed by atoms with Gasteiger partial charge in [-0.1, -0.05) is 47.0 Å². The van der Waals surface area contributed by atoms with Crippen molar-refractivity contribution < 1.29 is 9.84 Å². The van der Waals surface area contributed by atoms with E-state index in [0.717, 1.165) is 12.8 Å². The van der Waals surface area contributed by atoms with Crippen LogP contribution in [0.4, 0.5) is 0 Å². The Kier molecular flexibility index (Phi) is 7.34. The zero-order valence-corrected chi connectivity index (χ0v) is 12.3. The molecule has 1 aliphatic rings. The largest absolute Gasteiger partial charge is 0.390 e. The second-order valence-corrected chi connectivity index (χ2v) is 5.63. The third kappa shape index (κ3) is 4.97. The molecule has 18 heavy (non-hydrogen) atoms. The fourth-order valence-corrected chi connectivity index (χ4v) is 2.58. The first kappa shape index (κ1) is 15.5. The highest BCUT2D eigenvalue weighted by molar-refractivity contribution is 9.09. The van der Waals surface area contributed by atoms with Gasteiger partial charge in [0.15, 0.2) is 0 Å². The first-order chi connectivity index (χ1) is 8.69. The number of halogens is 1. The summed E-state index contributed by atoms with van der Waals surface area (Å²) in [4.78, 5) is 0.261. The molecular weight excluding hydrogens is 292 g/mol. The van der Waals surface area contributed by atoms with E-state index in [-0.39, 0.29) is 17.0 Å². The summed E-state index contributed by atoms with van der Waals surface area (Å²) >= 11 is 3.63. The Balaban J connectivity index is 2.40. The Labute approximate surface area is 118 Å². The molecule has 0 aromatic rings. The fraction of sp³-hybridized carbons (Fsp3) is 0.600. The molecule has 0 aliphatic carbocycles. The van der Waals surface area contributed by atoms with E-state index in [1.165, 1.54) is 0 Å². The molecule has 0 unspecified atom stereocenters. The summed E-state index contributed by atoms with van der Waals surface area (Å²) in [6.45, 7) is 2.11. The number of aliphatic hydroxyl groups excluding tert-OH is 1. The van der Waals surface area contributed by atoms with E-state index in [9.17, 15) is 5.11 Å². The fourth-order valence-electron chi connectivity index (χ4n) is 2.02. The zero-order valence-electron chi connectivity index (χ0n) is 10.8. The van der Waals surface area contributed by atoms with Crippen molar-refractivity contribution >= 4 is 15.9 Å². The molecule has 0 amide bonds. The van der Waals surface area contributed by atoms with E-state index in [2.05, 4.69) is 40.9 Å². The molecule has 0 spiro atoms. The first-order valence-electron chi connectivity index (χ1n) is 6.42. The average molecular weight is 313 g/mol. The van der Waals surface area contributed by atoms with Crippen LogP contribution in [0.3, 0.4) is 0 Å². The number of ether oxygens (including phenoxy) is 1.